The standard InChI is InChI=1S/C22H16F3N3O/c1-13-3-7-17(8-4-13)26-11-15-12-28(2)21(29)18-9-14-5-6-16(22(23,24)25)10-19(14)27-20(15)18/h3-12H,1-2H3. The average Bonchev–Trinajstić information content (AvgIpc) is 2.68. The summed E-state index contributed by atoms with van der Waals surface area (Å²) in [6, 6.07) is 12.4. The molecule has 29 heavy (non-hydrogen) atoms. The lowest BCUT2D eigenvalue weighted by molar-refractivity contribution is -0.137. The van der Waals surface area contributed by atoms with Crippen molar-refractivity contribution < 1.29 is 13.2 Å². The summed E-state index contributed by atoms with van der Waals surface area (Å²) < 4.78 is 40.6. The van der Waals surface area contributed by atoms with Crippen molar-refractivity contribution in [1.82, 2.24) is 9.55 Å². The number of aryl methyl sites for hydroxylation is 2. The molecule has 0 atom stereocenters. The number of pyridine rings is 2. The molecule has 0 aliphatic heterocycles. The van der Waals surface area contributed by atoms with E-state index < -0.39 is 11.7 Å². The van der Waals surface area contributed by atoms with Crippen molar-refractivity contribution in [3.05, 3.63) is 81.8 Å². The SMILES string of the molecule is Cc1ccc(N=Cc2cn(C)c(=O)c3cc4ccc(C(F)(F)F)cc4nc23)cc1. The topological polar surface area (TPSA) is 47.2 Å². The molecule has 0 amide bonds. The number of hydrogen-bond acceptors (Lipinski definition) is 3. The zero-order valence-corrected chi connectivity index (χ0v) is 15.7. The van der Waals surface area contributed by atoms with Crippen molar-refractivity contribution in [3.8, 4) is 0 Å². The first-order valence-electron chi connectivity index (χ1n) is 8.84. The van der Waals surface area contributed by atoms with E-state index in [1.54, 1.807) is 25.5 Å². The lowest BCUT2D eigenvalue weighted by Crippen LogP contribution is -2.18. The van der Waals surface area contributed by atoms with E-state index in [1.165, 1.54) is 10.6 Å². The van der Waals surface area contributed by atoms with E-state index in [4.69, 9.17) is 0 Å². The van der Waals surface area contributed by atoms with Crippen LogP contribution in [-0.2, 0) is 13.2 Å². The van der Waals surface area contributed by atoms with E-state index in [0.717, 1.165) is 23.4 Å². The van der Waals surface area contributed by atoms with E-state index in [2.05, 4.69) is 9.98 Å². The largest absolute Gasteiger partial charge is 0.416 e. The van der Waals surface area contributed by atoms with Gasteiger partial charge >= 0.3 is 6.18 Å². The summed E-state index contributed by atoms with van der Waals surface area (Å²) in [6.45, 7) is 1.97. The molecule has 0 saturated heterocycles. The minimum Gasteiger partial charge on any atom is -0.317 e. The molecule has 2 aromatic carbocycles. The van der Waals surface area contributed by atoms with Gasteiger partial charge in [0, 0.05) is 30.4 Å². The van der Waals surface area contributed by atoms with E-state index in [-0.39, 0.29) is 11.1 Å². The molecule has 4 aromatic rings. The molecule has 4 nitrogen and oxygen atoms in total. The van der Waals surface area contributed by atoms with Crippen molar-refractivity contribution in [2.45, 2.75) is 13.1 Å². The van der Waals surface area contributed by atoms with Gasteiger partial charge in [0.15, 0.2) is 0 Å². The van der Waals surface area contributed by atoms with E-state index in [1.807, 2.05) is 31.2 Å². The van der Waals surface area contributed by atoms with Crippen LogP contribution in [0.15, 0.2) is 64.5 Å². The zero-order chi connectivity index (χ0) is 20.8. The molecule has 0 bridgehead atoms. The number of halogens is 3. The minimum absolute atomic E-state index is 0.172. The van der Waals surface area contributed by atoms with Crippen molar-refractivity contribution in [1.29, 1.82) is 0 Å². The van der Waals surface area contributed by atoms with Gasteiger partial charge in [-0.05, 0) is 37.3 Å². The normalized spacial score (nSPS) is 12.3. The molecule has 0 saturated carbocycles. The van der Waals surface area contributed by atoms with Crippen LogP contribution >= 0.6 is 0 Å². The molecule has 0 spiro atoms. The maximum Gasteiger partial charge on any atom is 0.416 e. The van der Waals surface area contributed by atoms with Gasteiger partial charge in [-0.2, -0.15) is 13.2 Å². The minimum atomic E-state index is -4.46. The van der Waals surface area contributed by atoms with Crippen molar-refractivity contribution >= 4 is 33.7 Å². The van der Waals surface area contributed by atoms with Crippen LogP contribution in [0.5, 0.6) is 0 Å². The highest BCUT2D eigenvalue weighted by Crippen LogP contribution is 2.31. The highest BCUT2D eigenvalue weighted by molar-refractivity contribution is 6.01. The van der Waals surface area contributed by atoms with Gasteiger partial charge in [0.05, 0.1) is 27.7 Å². The Morgan fingerprint density at radius 3 is 2.48 bits per heavy atom. The fraction of sp³-hybridized carbons (Fsp3) is 0.136. The first-order chi connectivity index (χ1) is 13.7. The molecule has 0 radical (unpaired) electrons. The number of hydrogen-bond donors (Lipinski definition) is 0. The van der Waals surface area contributed by atoms with Crippen molar-refractivity contribution in [2.24, 2.45) is 12.0 Å². The number of rotatable bonds is 2. The Labute approximate surface area is 164 Å². The highest BCUT2D eigenvalue weighted by atomic mass is 19.4. The second kappa shape index (κ2) is 6.84. The molecule has 0 fully saturated rings. The van der Waals surface area contributed by atoms with Crippen LogP contribution < -0.4 is 5.56 Å². The number of alkyl halides is 3. The summed E-state index contributed by atoms with van der Waals surface area (Å²) in [6.07, 6.45) is -1.32. The molecule has 0 N–H and O–H groups in total. The molecule has 2 aromatic heterocycles. The van der Waals surface area contributed by atoms with Gasteiger partial charge in [0.2, 0.25) is 0 Å². The Hall–Kier alpha value is -3.48. The van der Waals surface area contributed by atoms with Gasteiger partial charge in [-0.15, -0.1) is 0 Å². The van der Waals surface area contributed by atoms with Crippen LogP contribution in [0.3, 0.4) is 0 Å². The predicted octanol–water partition coefficient (Wildman–Crippen LogP) is 5.16. The third-order valence-corrected chi connectivity index (χ3v) is 4.69. The van der Waals surface area contributed by atoms with Gasteiger partial charge in [-0.1, -0.05) is 23.8 Å². The molecular weight excluding hydrogens is 379 g/mol. The maximum absolute atomic E-state index is 13.1. The fourth-order valence-corrected chi connectivity index (χ4v) is 3.11. The monoisotopic (exact) mass is 395 g/mol. The third kappa shape index (κ3) is 3.63. The second-order valence-corrected chi connectivity index (χ2v) is 6.88. The smallest absolute Gasteiger partial charge is 0.317 e. The molecular formula is C22H16F3N3O. The van der Waals surface area contributed by atoms with Gasteiger partial charge in [0.25, 0.3) is 5.56 Å². The van der Waals surface area contributed by atoms with Crippen LogP contribution in [0, 0.1) is 6.92 Å². The van der Waals surface area contributed by atoms with E-state index >= 15 is 0 Å². The highest BCUT2D eigenvalue weighted by Gasteiger charge is 2.30. The van der Waals surface area contributed by atoms with Gasteiger partial charge in [-0.25, -0.2) is 4.98 Å². The van der Waals surface area contributed by atoms with Crippen molar-refractivity contribution in [2.75, 3.05) is 0 Å². The van der Waals surface area contributed by atoms with Crippen molar-refractivity contribution in [3.63, 3.8) is 0 Å². The lowest BCUT2D eigenvalue weighted by Gasteiger charge is -2.10. The average molecular weight is 395 g/mol. The summed E-state index contributed by atoms with van der Waals surface area (Å²) in [5.74, 6) is 0. The molecule has 4 rings (SSSR count). The summed E-state index contributed by atoms with van der Waals surface area (Å²) in [5.41, 5.74) is 1.79. The maximum atomic E-state index is 13.1. The number of nitrogens with zero attached hydrogens (tertiary/aromatic N) is 3. The van der Waals surface area contributed by atoms with Gasteiger partial charge in [0.1, 0.15) is 0 Å². The summed E-state index contributed by atoms with van der Waals surface area (Å²) in [5, 5.41) is 0.794. The summed E-state index contributed by atoms with van der Waals surface area (Å²) in [4.78, 5) is 21.4. The zero-order valence-electron chi connectivity index (χ0n) is 15.7. The molecule has 7 heteroatoms. The predicted molar refractivity (Wildman–Crippen MR) is 108 cm³/mol. The van der Waals surface area contributed by atoms with Crippen LogP contribution in [0.4, 0.5) is 18.9 Å². The van der Waals surface area contributed by atoms with E-state index in [0.29, 0.717) is 21.9 Å². The van der Waals surface area contributed by atoms with Crippen LogP contribution in [0.1, 0.15) is 16.7 Å². The molecule has 2 heterocycles. The Kier molecular flexibility index (Phi) is 4.45. The number of aromatic nitrogens is 2. The summed E-state index contributed by atoms with van der Waals surface area (Å²) in [7, 11) is 1.61. The van der Waals surface area contributed by atoms with Crippen LogP contribution in [0.2, 0.25) is 0 Å². The third-order valence-electron chi connectivity index (χ3n) is 4.69. The number of benzene rings is 2. The number of aliphatic imine (C=N–C) groups is 1. The number of fused-ring (bicyclic) bond motifs is 2. The first kappa shape index (κ1) is 18.9. The fourth-order valence-electron chi connectivity index (χ4n) is 3.11. The Morgan fingerprint density at radius 1 is 1.07 bits per heavy atom. The molecule has 0 unspecified atom stereocenters. The van der Waals surface area contributed by atoms with Gasteiger partial charge in [-0.3, -0.25) is 9.79 Å². The van der Waals surface area contributed by atoms with Gasteiger partial charge < -0.3 is 4.57 Å². The van der Waals surface area contributed by atoms with Crippen LogP contribution in [0.25, 0.3) is 21.8 Å². The van der Waals surface area contributed by atoms with E-state index in [9.17, 15) is 18.0 Å². The van der Waals surface area contributed by atoms with Crippen LogP contribution in [-0.4, -0.2) is 15.8 Å². The first-order valence-corrected chi connectivity index (χ1v) is 8.84. The Balaban J connectivity index is 1.93. The molecule has 0 aliphatic rings. The molecule has 0 aliphatic carbocycles. The lowest BCUT2D eigenvalue weighted by atomic mass is 10.1. The quantitative estimate of drug-likeness (QED) is 0.347. The Morgan fingerprint density at radius 2 is 1.79 bits per heavy atom. The second-order valence-electron chi connectivity index (χ2n) is 6.88. The molecule has 146 valence electrons. The summed E-state index contributed by atoms with van der Waals surface area (Å²) >= 11 is 0. The Bertz CT molecular complexity index is 1320.